The molecule has 0 aromatic heterocycles. The minimum absolute atomic E-state index is 0.296. The van der Waals surface area contributed by atoms with Gasteiger partial charge in [-0.15, -0.1) is 0 Å². The largest absolute Gasteiger partial charge is 0.494 e. The van der Waals surface area contributed by atoms with Crippen molar-refractivity contribution in [2.24, 2.45) is 21.7 Å². The summed E-state index contributed by atoms with van der Waals surface area (Å²) in [5.41, 5.74) is 6.60. The van der Waals surface area contributed by atoms with Gasteiger partial charge in [0.05, 0.1) is 29.8 Å². The van der Waals surface area contributed by atoms with Gasteiger partial charge in [0.25, 0.3) is 0 Å². The number of urea groups is 1. The van der Waals surface area contributed by atoms with Crippen LogP contribution in [0.2, 0.25) is 0 Å². The maximum Gasteiger partial charge on any atom is 0.332 e. The fraction of sp³-hybridized carbons (Fsp3) is 0.565. The van der Waals surface area contributed by atoms with Crippen molar-refractivity contribution in [1.82, 2.24) is 5.43 Å². The summed E-state index contributed by atoms with van der Waals surface area (Å²) in [6, 6.07) is 4.33. The van der Waals surface area contributed by atoms with Crippen LogP contribution in [0.1, 0.15) is 65.9 Å². The highest BCUT2D eigenvalue weighted by Gasteiger charge is 2.27. The zero-order chi connectivity index (χ0) is 25.2. The maximum atomic E-state index is 11.2. The van der Waals surface area contributed by atoms with Crippen LogP contribution in [0.5, 0.6) is 11.5 Å². The Morgan fingerprint density at radius 2 is 1.48 bits per heavy atom. The molecular weight excluding hydrogens is 430 g/mol. The third-order valence-electron chi connectivity index (χ3n) is 5.25. The van der Waals surface area contributed by atoms with Crippen molar-refractivity contribution in [2.45, 2.75) is 60.3 Å². The Hall–Kier alpha value is -3.30. The smallest absolute Gasteiger partial charge is 0.332 e. The molecule has 1 aromatic rings. The Morgan fingerprint density at radius 1 is 0.970 bits per heavy atom. The molecule has 0 radical (unpaired) electrons. The summed E-state index contributed by atoms with van der Waals surface area (Å²) in [6.07, 6.45) is 2.00. The second kappa shape index (κ2) is 12.1. The van der Waals surface area contributed by atoms with Gasteiger partial charge in [-0.25, -0.2) is 10.2 Å². The molecule has 0 aliphatic carbocycles. The first-order chi connectivity index (χ1) is 15.3. The van der Waals surface area contributed by atoms with E-state index in [4.69, 9.17) is 15.2 Å². The number of hydrogen-bond donors (Lipinski definition) is 4. The molecule has 0 aliphatic rings. The average Bonchev–Trinajstić information content (AvgIpc) is 2.72. The molecule has 5 N–H and O–H groups in total. The van der Waals surface area contributed by atoms with Crippen LogP contribution in [0.4, 0.5) is 4.79 Å². The highest BCUT2D eigenvalue weighted by molar-refractivity contribution is 6.01. The number of ether oxygens (including phenoxy) is 2. The predicted molar refractivity (Wildman–Crippen MR) is 124 cm³/mol. The summed E-state index contributed by atoms with van der Waals surface area (Å²) in [5, 5.41) is 22.4. The number of primary amides is 1. The molecule has 0 atom stereocenters. The van der Waals surface area contributed by atoms with Gasteiger partial charge in [-0.05, 0) is 78.5 Å². The van der Waals surface area contributed by atoms with Crippen molar-refractivity contribution < 1.29 is 34.1 Å². The van der Waals surface area contributed by atoms with Gasteiger partial charge in [-0.2, -0.15) is 5.10 Å². The maximum absolute atomic E-state index is 11.2. The molecule has 2 amide bonds. The van der Waals surface area contributed by atoms with E-state index >= 15 is 0 Å². The zero-order valence-corrected chi connectivity index (χ0v) is 19.9. The van der Waals surface area contributed by atoms with Crippen LogP contribution in [0.25, 0.3) is 0 Å². The van der Waals surface area contributed by atoms with E-state index in [2.05, 4.69) is 10.5 Å². The molecule has 0 aliphatic heterocycles. The van der Waals surface area contributed by atoms with Crippen LogP contribution in [-0.4, -0.2) is 47.1 Å². The summed E-state index contributed by atoms with van der Waals surface area (Å²) in [6.45, 7) is 8.96. The highest BCUT2D eigenvalue weighted by atomic mass is 16.5. The molecule has 10 nitrogen and oxygen atoms in total. The van der Waals surface area contributed by atoms with Gasteiger partial charge in [0.2, 0.25) is 0 Å². The van der Waals surface area contributed by atoms with Crippen LogP contribution in [0.3, 0.4) is 0 Å². The van der Waals surface area contributed by atoms with Gasteiger partial charge < -0.3 is 25.4 Å². The topological polar surface area (TPSA) is 161 Å². The van der Waals surface area contributed by atoms with E-state index in [9.17, 15) is 24.6 Å². The van der Waals surface area contributed by atoms with Crippen molar-refractivity contribution in [3.63, 3.8) is 0 Å². The predicted octanol–water partition coefficient (Wildman–Crippen LogP) is 3.62. The molecule has 0 saturated heterocycles. The number of carboxylic acids is 2. The van der Waals surface area contributed by atoms with Crippen molar-refractivity contribution in [3.8, 4) is 11.5 Å². The van der Waals surface area contributed by atoms with Gasteiger partial charge in [-0.3, -0.25) is 9.59 Å². The lowest BCUT2D eigenvalue weighted by Crippen LogP contribution is -2.25. The standard InChI is InChI=1S/C23H35N3O7/c1-15(25-26-21(24)31)17-14-16(32-12-6-10-22(2,3)19(27)28)8-9-18(17)33-13-7-11-23(4,5)20(29)30/h8-9,14H,6-7,10-13H2,1-5H3,(H,27,28)(H,29,30)(H3,24,26,31)/b25-15-. The molecule has 10 heteroatoms. The summed E-state index contributed by atoms with van der Waals surface area (Å²) in [4.78, 5) is 33.5. The molecule has 33 heavy (non-hydrogen) atoms. The van der Waals surface area contributed by atoms with Crippen molar-refractivity contribution >= 4 is 23.7 Å². The molecule has 0 spiro atoms. The van der Waals surface area contributed by atoms with Gasteiger partial charge in [0.1, 0.15) is 11.5 Å². The number of carboxylic acid groups (broad SMARTS) is 2. The molecular formula is C23H35N3O7. The number of carbonyl (C=O) groups is 3. The van der Waals surface area contributed by atoms with E-state index in [0.29, 0.717) is 61.7 Å². The first-order valence-corrected chi connectivity index (χ1v) is 10.7. The van der Waals surface area contributed by atoms with Crippen LogP contribution in [0, 0.1) is 10.8 Å². The van der Waals surface area contributed by atoms with Crippen LogP contribution >= 0.6 is 0 Å². The number of hydrogen-bond acceptors (Lipinski definition) is 6. The van der Waals surface area contributed by atoms with Crippen molar-refractivity contribution in [2.75, 3.05) is 13.2 Å². The minimum atomic E-state index is -0.864. The number of hydrazone groups is 1. The normalized spacial score (nSPS) is 12.2. The molecule has 0 bridgehead atoms. The quantitative estimate of drug-likeness (QED) is 0.185. The van der Waals surface area contributed by atoms with Gasteiger partial charge in [-0.1, -0.05) is 0 Å². The van der Waals surface area contributed by atoms with Gasteiger partial charge >= 0.3 is 18.0 Å². The number of benzene rings is 1. The van der Waals surface area contributed by atoms with E-state index < -0.39 is 28.8 Å². The third-order valence-corrected chi connectivity index (χ3v) is 5.25. The van der Waals surface area contributed by atoms with E-state index in [-0.39, 0.29) is 0 Å². The third kappa shape index (κ3) is 9.38. The van der Waals surface area contributed by atoms with Gasteiger partial charge in [0, 0.05) is 5.56 Å². The Balaban J connectivity index is 2.87. The fourth-order valence-corrected chi connectivity index (χ4v) is 2.82. The zero-order valence-electron chi connectivity index (χ0n) is 19.9. The second-order valence-corrected chi connectivity index (χ2v) is 9.11. The molecule has 0 saturated carbocycles. The number of nitrogens with zero attached hydrogens (tertiary/aromatic N) is 1. The first-order valence-electron chi connectivity index (χ1n) is 10.7. The molecule has 0 fully saturated rings. The number of carbonyl (C=O) groups excluding carboxylic acids is 1. The minimum Gasteiger partial charge on any atom is -0.494 e. The number of nitrogens with one attached hydrogen (secondary N) is 1. The summed E-state index contributed by atoms with van der Waals surface area (Å²) < 4.78 is 11.6. The molecule has 1 rings (SSSR count). The molecule has 1 aromatic carbocycles. The molecule has 0 unspecified atom stereocenters. The van der Waals surface area contributed by atoms with Crippen LogP contribution in [0.15, 0.2) is 23.3 Å². The van der Waals surface area contributed by atoms with E-state index in [1.165, 1.54) is 0 Å². The number of nitrogens with two attached hydrogens (primary N) is 1. The Labute approximate surface area is 194 Å². The lowest BCUT2D eigenvalue weighted by molar-refractivity contribution is -0.148. The lowest BCUT2D eigenvalue weighted by Gasteiger charge is -2.20. The summed E-state index contributed by atoms with van der Waals surface area (Å²) in [5.74, 6) is -0.690. The first kappa shape index (κ1) is 27.7. The average molecular weight is 466 g/mol. The van der Waals surface area contributed by atoms with E-state index in [1.807, 2.05) is 0 Å². The second-order valence-electron chi connectivity index (χ2n) is 9.11. The number of amides is 2. The monoisotopic (exact) mass is 465 g/mol. The SMILES string of the molecule is C/C(=N/NC(N)=O)c1cc(OCCCC(C)(C)C(=O)O)ccc1OCCCC(C)(C)C(=O)O. The molecule has 0 heterocycles. The summed E-state index contributed by atoms with van der Waals surface area (Å²) in [7, 11) is 0. The van der Waals surface area contributed by atoms with E-state index in [0.717, 1.165) is 0 Å². The van der Waals surface area contributed by atoms with Crippen LogP contribution < -0.4 is 20.6 Å². The van der Waals surface area contributed by atoms with Gasteiger partial charge in [0.15, 0.2) is 0 Å². The van der Waals surface area contributed by atoms with Crippen molar-refractivity contribution in [1.29, 1.82) is 0 Å². The lowest BCUT2D eigenvalue weighted by atomic mass is 9.88. The number of rotatable bonds is 14. The fourth-order valence-electron chi connectivity index (χ4n) is 2.82. The van der Waals surface area contributed by atoms with Crippen LogP contribution in [-0.2, 0) is 9.59 Å². The Bertz CT molecular complexity index is 879. The van der Waals surface area contributed by atoms with Crippen molar-refractivity contribution in [3.05, 3.63) is 23.8 Å². The highest BCUT2D eigenvalue weighted by Crippen LogP contribution is 2.28. The Kier molecular flexibility index (Phi) is 10.2. The Morgan fingerprint density at radius 3 is 1.97 bits per heavy atom. The van der Waals surface area contributed by atoms with E-state index in [1.54, 1.807) is 52.8 Å². The molecule has 184 valence electrons. The summed E-state index contributed by atoms with van der Waals surface area (Å²) >= 11 is 0. The number of aliphatic carboxylic acids is 2.